The number of hydrogen-bond donors (Lipinski definition) is 3. The van der Waals surface area contributed by atoms with Gasteiger partial charge in [0.25, 0.3) is 11.4 Å². The third-order valence-electron chi connectivity index (χ3n) is 8.01. The molecule has 1 unspecified atom stereocenters. The standard InChI is InChI=1S/C33H30BrN5O8/c34-21-17-15-20(16-18-21)32(29-24-10-3-1-8-22(24)23-9-2-4-11-25(23)29)47-33(41)36-37(42)28(12-5-6-19-35)31(40)30-26(38(43)44)13-7-14-27(30)39(45)46/h1-4,7-11,13-18,28-29,32,42H,5-6,12,19,35H2,(H,36,41)/t28-,32?/m0/s1. The third-order valence-corrected chi connectivity index (χ3v) is 8.54. The van der Waals surface area contributed by atoms with Gasteiger partial charge in [-0.1, -0.05) is 81.8 Å². The lowest BCUT2D eigenvalue weighted by Gasteiger charge is -2.29. The van der Waals surface area contributed by atoms with Crippen molar-refractivity contribution in [2.24, 2.45) is 5.73 Å². The molecule has 1 aliphatic carbocycles. The van der Waals surface area contributed by atoms with Gasteiger partial charge in [0, 0.05) is 16.6 Å². The molecule has 4 aromatic carbocycles. The van der Waals surface area contributed by atoms with Crippen molar-refractivity contribution in [2.45, 2.75) is 37.3 Å². The van der Waals surface area contributed by atoms with Crippen LogP contribution >= 0.6 is 15.9 Å². The van der Waals surface area contributed by atoms with Crippen molar-refractivity contribution < 1.29 is 29.4 Å². The van der Waals surface area contributed by atoms with Gasteiger partial charge >= 0.3 is 6.09 Å². The fourth-order valence-electron chi connectivity index (χ4n) is 5.91. The number of benzene rings is 4. The number of fused-ring (bicyclic) bond motifs is 3. The normalized spacial score (nSPS) is 13.4. The molecule has 0 fully saturated rings. The number of ether oxygens (including phenoxy) is 1. The van der Waals surface area contributed by atoms with E-state index in [1.54, 1.807) is 24.3 Å². The molecule has 0 aliphatic heterocycles. The second-order valence-corrected chi connectivity index (χ2v) is 11.8. The van der Waals surface area contributed by atoms with E-state index < -0.39 is 56.7 Å². The van der Waals surface area contributed by atoms with Crippen LogP contribution in [0.25, 0.3) is 11.1 Å². The molecular formula is C33H30BrN5O8. The number of ketones is 1. The number of nitro benzene ring substituents is 2. The van der Waals surface area contributed by atoms with E-state index in [1.165, 1.54) is 0 Å². The molecule has 242 valence electrons. The van der Waals surface area contributed by atoms with Gasteiger partial charge in [0.05, 0.1) is 15.8 Å². The second kappa shape index (κ2) is 14.6. The van der Waals surface area contributed by atoms with Gasteiger partial charge < -0.3 is 10.5 Å². The highest BCUT2D eigenvalue weighted by Crippen LogP contribution is 2.51. The number of rotatable bonds is 13. The number of nitro groups is 2. The van der Waals surface area contributed by atoms with Crippen LogP contribution in [-0.2, 0) is 4.74 Å². The first-order chi connectivity index (χ1) is 22.6. The lowest BCUT2D eigenvalue weighted by molar-refractivity contribution is -0.394. The molecule has 0 spiro atoms. The maximum atomic E-state index is 13.7. The molecule has 5 rings (SSSR count). The van der Waals surface area contributed by atoms with E-state index in [1.807, 2.05) is 48.5 Å². The number of unbranched alkanes of at least 4 members (excludes halogenated alkanes) is 1. The Kier molecular flexibility index (Phi) is 10.4. The van der Waals surface area contributed by atoms with Crippen molar-refractivity contribution in [3.05, 3.63) is 138 Å². The predicted octanol–water partition coefficient (Wildman–Crippen LogP) is 6.83. The molecule has 4 aromatic rings. The largest absolute Gasteiger partial charge is 0.439 e. The number of hydrazine groups is 1. The summed E-state index contributed by atoms with van der Waals surface area (Å²) in [5.41, 5.74) is 9.82. The van der Waals surface area contributed by atoms with E-state index in [2.05, 4.69) is 21.4 Å². The van der Waals surface area contributed by atoms with Crippen LogP contribution in [0.4, 0.5) is 16.2 Å². The Morgan fingerprint density at radius 1 is 0.872 bits per heavy atom. The molecule has 47 heavy (non-hydrogen) atoms. The number of carbonyl (C=O) groups excluding carboxylic acids is 2. The highest BCUT2D eigenvalue weighted by molar-refractivity contribution is 9.10. The van der Waals surface area contributed by atoms with Gasteiger partial charge in [0.15, 0.2) is 11.3 Å². The maximum Gasteiger partial charge on any atom is 0.424 e. The number of carbonyl (C=O) groups is 2. The zero-order valence-electron chi connectivity index (χ0n) is 24.8. The fraction of sp³-hybridized carbons (Fsp3) is 0.212. The zero-order chi connectivity index (χ0) is 33.7. The van der Waals surface area contributed by atoms with Gasteiger partial charge in [-0.05, 0) is 71.8 Å². The van der Waals surface area contributed by atoms with Gasteiger partial charge in [-0.15, -0.1) is 0 Å². The number of hydrogen-bond acceptors (Lipinski definition) is 10. The Morgan fingerprint density at radius 2 is 1.43 bits per heavy atom. The summed E-state index contributed by atoms with van der Waals surface area (Å²) in [6, 6.07) is 24.1. The molecule has 1 aliphatic rings. The monoisotopic (exact) mass is 703 g/mol. The molecule has 14 heteroatoms. The van der Waals surface area contributed by atoms with E-state index in [0.29, 0.717) is 12.0 Å². The summed E-state index contributed by atoms with van der Waals surface area (Å²) in [4.78, 5) is 48.9. The minimum absolute atomic E-state index is 0.143. The summed E-state index contributed by atoms with van der Waals surface area (Å²) >= 11 is 3.43. The topological polar surface area (TPSA) is 191 Å². The van der Waals surface area contributed by atoms with Crippen molar-refractivity contribution in [1.29, 1.82) is 0 Å². The molecule has 0 radical (unpaired) electrons. The van der Waals surface area contributed by atoms with E-state index in [9.17, 15) is 35.0 Å². The minimum atomic E-state index is -1.65. The van der Waals surface area contributed by atoms with Crippen LogP contribution in [-0.4, -0.2) is 44.7 Å². The highest BCUT2D eigenvalue weighted by atomic mass is 79.9. The van der Waals surface area contributed by atoms with Crippen LogP contribution in [0.5, 0.6) is 0 Å². The first-order valence-corrected chi connectivity index (χ1v) is 15.5. The molecule has 0 bridgehead atoms. The molecule has 2 atom stereocenters. The molecule has 0 aromatic heterocycles. The second-order valence-electron chi connectivity index (χ2n) is 10.8. The van der Waals surface area contributed by atoms with Crippen LogP contribution in [0.3, 0.4) is 0 Å². The summed E-state index contributed by atoms with van der Waals surface area (Å²) in [5.74, 6) is -1.56. The molecule has 0 heterocycles. The summed E-state index contributed by atoms with van der Waals surface area (Å²) in [7, 11) is 0. The molecule has 0 saturated heterocycles. The van der Waals surface area contributed by atoms with Crippen LogP contribution in [0.2, 0.25) is 0 Å². The van der Waals surface area contributed by atoms with E-state index >= 15 is 0 Å². The number of nitrogens with one attached hydrogen (secondary N) is 1. The van der Waals surface area contributed by atoms with Crippen molar-refractivity contribution >= 4 is 39.2 Å². The number of halogens is 1. The maximum absolute atomic E-state index is 13.7. The third kappa shape index (κ3) is 7.05. The SMILES string of the molecule is NCCCC[C@@H](C(=O)c1c([N+](=O)[O-])cccc1[N+](=O)[O-])N(O)NC(=O)OC(c1ccc(Br)cc1)C1c2ccccc2-c2ccccc21. The number of Topliss-reactive ketones (excluding diaryl/α,β-unsaturated/α-hetero) is 1. The van der Waals surface area contributed by atoms with Crippen molar-refractivity contribution in [3.8, 4) is 11.1 Å². The number of amides is 1. The summed E-state index contributed by atoms with van der Waals surface area (Å²) in [6.45, 7) is 0.243. The minimum Gasteiger partial charge on any atom is -0.439 e. The van der Waals surface area contributed by atoms with Gasteiger partial charge in [-0.2, -0.15) is 0 Å². The lowest BCUT2D eigenvalue weighted by Crippen LogP contribution is -2.50. The predicted molar refractivity (Wildman–Crippen MR) is 175 cm³/mol. The van der Waals surface area contributed by atoms with Gasteiger partial charge in [-0.3, -0.25) is 30.2 Å². The Hall–Kier alpha value is -5.02. The average Bonchev–Trinajstić information content (AvgIpc) is 3.39. The Labute approximate surface area is 277 Å². The Morgan fingerprint density at radius 3 is 1.96 bits per heavy atom. The summed E-state index contributed by atoms with van der Waals surface area (Å²) in [6.07, 6.45) is -1.51. The average molecular weight is 705 g/mol. The number of hydroxylamine groups is 1. The highest BCUT2D eigenvalue weighted by Gasteiger charge is 2.40. The Balaban J connectivity index is 1.47. The molecule has 4 N–H and O–H groups in total. The van der Waals surface area contributed by atoms with Gasteiger partial charge in [-0.25, -0.2) is 10.2 Å². The molecule has 0 saturated carbocycles. The Bertz CT molecular complexity index is 1740. The zero-order valence-corrected chi connectivity index (χ0v) is 26.4. The lowest BCUT2D eigenvalue weighted by atomic mass is 9.87. The summed E-state index contributed by atoms with van der Waals surface area (Å²) < 4.78 is 6.82. The smallest absolute Gasteiger partial charge is 0.424 e. The van der Waals surface area contributed by atoms with E-state index in [-0.39, 0.29) is 24.6 Å². The van der Waals surface area contributed by atoms with Gasteiger partial charge in [0.2, 0.25) is 0 Å². The van der Waals surface area contributed by atoms with Crippen LogP contribution in [0.1, 0.15) is 58.3 Å². The molecular weight excluding hydrogens is 674 g/mol. The van der Waals surface area contributed by atoms with Crippen molar-refractivity contribution in [3.63, 3.8) is 0 Å². The van der Waals surface area contributed by atoms with Crippen LogP contribution in [0, 0.1) is 20.2 Å². The van der Waals surface area contributed by atoms with E-state index in [0.717, 1.165) is 44.9 Å². The molecule has 1 amide bonds. The van der Waals surface area contributed by atoms with Crippen LogP contribution < -0.4 is 11.2 Å². The summed E-state index contributed by atoms with van der Waals surface area (Å²) in [5, 5.41) is 34.8. The van der Waals surface area contributed by atoms with Crippen molar-refractivity contribution in [1.82, 2.24) is 10.6 Å². The fourth-order valence-corrected chi connectivity index (χ4v) is 6.18. The number of nitrogens with zero attached hydrogens (tertiary/aromatic N) is 3. The first kappa shape index (κ1) is 33.3. The van der Waals surface area contributed by atoms with E-state index in [4.69, 9.17) is 10.5 Å². The van der Waals surface area contributed by atoms with Gasteiger partial charge in [0.1, 0.15) is 12.1 Å². The van der Waals surface area contributed by atoms with Crippen LogP contribution in [0.15, 0.2) is 95.5 Å². The van der Waals surface area contributed by atoms with Crippen molar-refractivity contribution in [2.75, 3.05) is 6.54 Å². The first-order valence-electron chi connectivity index (χ1n) is 14.7. The number of nitrogens with two attached hydrogens (primary N) is 1. The quantitative estimate of drug-likeness (QED) is 0.0575. The molecule has 13 nitrogen and oxygen atoms in total.